The number of nitrogens with one attached hydrogen (secondary N) is 1. The van der Waals surface area contributed by atoms with Crippen LogP contribution in [-0.4, -0.2) is 25.5 Å². The van der Waals surface area contributed by atoms with Crippen LogP contribution in [0.1, 0.15) is 32.1 Å². The summed E-state index contributed by atoms with van der Waals surface area (Å²) in [5.74, 6) is 0.0781. The SMILES string of the molecule is O=C(O)CCCC=CCC1C2C=CC(C2)C1NS(=O)(=O)c1ccc2ccccc2c1. The van der Waals surface area contributed by atoms with Gasteiger partial charge in [0, 0.05) is 12.5 Å². The molecule has 158 valence electrons. The van der Waals surface area contributed by atoms with Gasteiger partial charge in [-0.15, -0.1) is 0 Å². The van der Waals surface area contributed by atoms with Gasteiger partial charge in [-0.25, -0.2) is 13.1 Å². The molecule has 2 aliphatic rings. The van der Waals surface area contributed by atoms with Gasteiger partial charge in [0.1, 0.15) is 0 Å². The topological polar surface area (TPSA) is 83.5 Å². The Hall–Kier alpha value is -2.44. The summed E-state index contributed by atoms with van der Waals surface area (Å²) in [4.78, 5) is 10.9. The number of sulfonamides is 1. The van der Waals surface area contributed by atoms with E-state index < -0.39 is 16.0 Å². The molecule has 2 aromatic rings. The summed E-state index contributed by atoms with van der Waals surface area (Å²) in [6.07, 6.45) is 11.8. The lowest BCUT2D eigenvalue weighted by atomic mass is 9.86. The highest BCUT2D eigenvalue weighted by atomic mass is 32.2. The van der Waals surface area contributed by atoms with Crippen molar-refractivity contribution in [2.75, 3.05) is 0 Å². The van der Waals surface area contributed by atoms with Crippen molar-refractivity contribution >= 4 is 26.8 Å². The zero-order valence-electron chi connectivity index (χ0n) is 16.8. The van der Waals surface area contributed by atoms with Crippen LogP contribution in [0.15, 0.2) is 71.7 Å². The largest absolute Gasteiger partial charge is 0.481 e. The van der Waals surface area contributed by atoms with Crippen molar-refractivity contribution < 1.29 is 18.3 Å². The third-order valence-corrected chi connectivity index (χ3v) is 7.74. The first-order valence-corrected chi connectivity index (χ1v) is 12.0. The first-order chi connectivity index (χ1) is 14.4. The third-order valence-electron chi connectivity index (χ3n) is 6.28. The molecule has 0 amide bonds. The monoisotopic (exact) mass is 425 g/mol. The fraction of sp³-hybridized carbons (Fsp3) is 0.375. The molecule has 2 bridgehead atoms. The van der Waals surface area contributed by atoms with Crippen LogP contribution in [0.25, 0.3) is 10.8 Å². The van der Waals surface area contributed by atoms with Gasteiger partial charge in [-0.3, -0.25) is 4.79 Å². The van der Waals surface area contributed by atoms with E-state index in [2.05, 4.69) is 23.0 Å². The van der Waals surface area contributed by atoms with Crippen molar-refractivity contribution in [2.24, 2.45) is 17.8 Å². The van der Waals surface area contributed by atoms with Gasteiger partial charge in [-0.1, -0.05) is 54.6 Å². The average Bonchev–Trinajstić information content (AvgIpc) is 3.32. The Morgan fingerprint density at radius 2 is 1.83 bits per heavy atom. The highest BCUT2D eigenvalue weighted by Gasteiger charge is 2.45. The number of benzene rings is 2. The van der Waals surface area contributed by atoms with Gasteiger partial charge in [-0.2, -0.15) is 0 Å². The first kappa shape index (κ1) is 20.8. The number of fused-ring (bicyclic) bond motifs is 3. The molecule has 0 radical (unpaired) electrons. The van der Waals surface area contributed by atoms with E-state index in [9.17, 15) is 13.2 Å². The molecular formula is C24H27NO4S. The Bertz CT molecular complexity index is 1090. The summed E-state index contributed by atoms with van der Waals surface area (Å²) >= 11 is 0. The van der Waals surface area contributed by atoms with Crippen molar-refractivity contribution in [1.29, 1.82) is 0 Å². The number of hydrogen-bond donors (Lipinski definition) is 2. The Morgan fingerprint density at radius 1 is 1.07 bits per heavy atom. The van der Waals surface area contributed by atoms with E-state index in [-0.39, 0.29) is 24.3 Å². The van der Waals surface area contributed by atoms with Crippen molar-refractivity contribution in [3.05, 3.63) is 66.8 Å². The maximum Gasteiger partial charge on any atom is 0.303 e. The minimum atomic E-state index is -3.61. The normalized spacial score (nSPS) is 25.5. The summed E-state index contributed by atoms with van der Waals surface area (Å²) in [5, 5.41) is 10.6. The van der Waals surface area contributed by atoms with Gasteiger partial charge in [0.2, 0.25) is 10.0 Å². The predicted octanol–water partition coefficient (Wildman–Crippen LogP) is 4.51. The molecule has 4 unspecified atom stereocenters. The minimum Gasteiger partial charge on any atom is -0.481 e. The molecule has 2 N–H and O–H groups in total. The fourth-order valence-corrected chi connectivity index (χ4v) is 6.12. The van der Waals surface area contributed by atoms with Gasteiger partial charge < -0.3 is 5.11 Å². The van der Waals surface area contributed by atoms with Crippen molar-refractivity contribution in [3.63, 3.8) is 0 Å². The molecule has 0 heterocycles. The molecule has 4 atom stereocenters. The zero-order valence-corrected chi connectivity index (χ0v) is 17.6. The van der Waals surface area contributed by atoms with Crippen LogP contribution in [0.4, 0.5) is 0 Å². The summed E-state index contributed by atoms with van der Waals surface area (Å²) in [6, 6.07) is 12.9. The van der Waals surface area contributed by atoms with Crippen molar-refractivity contribution in [1.82, 2.24) is 4.72 Å². The van der Waals surface area contributed by atoms with E-state index in [0.717, 1.165) is 30.0 Å². The molecule has 0 aromatic heterocycles. The zero-order chi connectivity index (χ0) is 21.1. The van der Waals surface area contributed by atoms with Crippen LogP contribution in [0.5, 0.6) is 0 Å². The molecule has 1 saturated carbocycles. The molecule has 6 heteroatoms. The highest BCUT2D eigenvalue weighted by Crippen LogP contribution is 2.46. The number of rotatable bonds is 9. The van der Waals surface area contributed by atoms with E-state index in [0.29, 0.717) is 17.2 Å². The highest BCUT2D eigenvalue weighted by molar-refractivity contribution is 7.89. The van der Waals surface area contributed by atoms with Crippen LogP contribution in [0.2, 0.25) is 0 Å². The Balaban J connectivity index is 1.45. The van der Waals surface area contributed by atoms with Crippen LogP contribution in [0, 0.1) is 17.8 Å². The van der Waals surface area contributed by atoms with E-state index in [1.165, 1.54) is 0 Å². The quantitative estimate of drug-likeness (QED) is 0.457. The molecular weight excluding hydrogens is 398 g/mol. The van der Waals surface area contributed by atoms with Gasteiger partial charge in [-0.05, 0) is 66.3 Å². The smallest absolute Gasteiger partial charge is 0.303 e. The average molecular weight is 426 g/mol. The maximum absolute atomic E-state index is 13.1. The van der Waals surface area contributed by atoms with Gasteiger partial charge in [0.25, 0.3) is 0 Å². The van der Waals surface area contributed by atoms with Crippen molar-refractivity contribution in [3.8, 4) is 0 Å². The fourth-order valence-electron chi connectivity index (χ4n) is 4.74. The molecule has 0 aliphatic heterocycles. The number of carbonyl (C=O) groups is 1. The lowest BCUT2D eigenvalue weighted by Gasteiger charge is -2.28. The Kier molecular flexibility index (Phi) is 6.06. The number of unbranched alkanes of at least 4 members (excludes halogenated alkanes) is 1. The Morgan fingerprint density at radius 3 is 2.63 bits per heavy atom. The van der Waals surface area contributed by atoms with E-state index in [4.69, 9.17) is 5.11 Å². The summed E-state index contributed by atoms with van der Waals surface area (Å²) in [5.41, 5.74) is 0. The predicted molar refractivity (Wildman–Crippen MR) is 118 cm³/mol. The summed E-state index contributed by atoms with van der Waals surface area (Å²) in [7, 11) is -3.61. The number of allylic oxidation sites excluding steroid dienone is 3. The molecule has 1 fully saturated rings. The number of hydrogen-bond acceptors (Lipinski definition) is 3. The molecule has 0 saturated heterocycles. The van der Waals surface area contributed by atoms with Crippen LogP contribution < -0.4 is 4.72 Å². The molecule has 4 rings (SSSR count). The first-order valence-electron chi connectivity index (χ1n) is 10.5. The minimum absolute atomic E-state index is 0.111. The second kappa shape index (κ2) is 8.74. The summed E-state index contributed by atoms with van der Waals surface area (Å²) in [6.45, 7) is 0. The van der Waals surface area contributed by atoms with Crippen molar-refractivity contribution in [2.45, 2.75) is 43.0 Å². The van der Waals surface area contributed by atoms with Crippen LogP contribution in [-0.2, 0) is 14.8 Å². The molecule has 0 spiro atoms. The molecule has 30 heavy (non-hydrogen) atoms. The van der Waals surface area contributed by atoms with Gasteiger partial charge in [0.05, 0.1) is 4.90 Å². The molecule has 5 nitrogen and oxygen atoms in total. The Labute approximate surface area is 177 Å². The molecule has 2 aliphatic carbocycles. The number of carboxylic acid groups (broad SMARTS) is 1. The molecule has 2 aromatic carbocycles. The van der Waals surface area contributed by atoms with Crippen LogP contribution in [0.3, 0.4) is 0 Å². The van der Waals surface area contributed by atoms with E-state index in [1.54, 1.807) is 12.1 Å². The van der Waals surface area contributed by atoms with E-state index in [1.807, 2.05) is 36.4 Å². The van der Waals surface area contributed by atoms with Crippen LogP contribution >= 0.6 is 0 Å². The third kappa shape index (κ3) is 4.50. The number of aliphatic carboxylic acids is 1. The number of carboxylic acids is 1. The second-order valence-electron chi connectivity index (χ2n) is 8.26. The summed E-state index contributed by atoms with van der Waals surface area (Å²) < 4.78 is 29.2. The lowest BCUT2D eigenvalue weighted by Crippen LogP contribution is -2.42. The standard InChI is InChI=1S/C24H27NO4S/c26-23(27)10-4-2-1-3-9-22-19-11-12-20(15-19)24(22)25-30(28,29)21-14-13-17-7-5-6-8-18(17)16-21/h1,3,5-8,11-14,16,19-20,22,24-25H,2,4,9-10,15H2,(H,26,27). The van der Waals surface area contributed by atoms with E-state index >= 15 is 0 Å². The van der Waals surface area contributed by atoms with Gasteiger partial charge in [0.15, 0.2) is 0 Å². The van der Waals surface area contributed by atoms with Gasteiger partial charge >= 0.3 is 5.97 Å². The second-order valence-corrected chi connectivity index (χ2v) is 9.98. The maximum atomic E-state index is 13.1. The lowest BCUT2D eigenvalue weighted by molar-refractivity contribution is -0.137.